The molecule has 18 heavy (non-hydrogen) atoms. The number of nitrogens with zero attached hydrogens (tertiary/aromatic N) is 2. The highest BCUT2D eigenvalue weighted by Gasteiger charge is 2.08. The van der Waals surface area contributed by atoms with E-state index in [1.165, 1.54) is 12.8 Å². The van der Waals surface area contributed by atoms with Crippen LogP contribution in [0.4, 0.5) is 4.79 Å². The number of carbonyl (C=O) groups is 1. The first-order valence-electron chi connectivity index (χ1n) is 5.99. The molecule has 1 N–H and O–H groups in total. The lowest BCUT2D eigenvalue weighted by Crippen LogP contribution is -2.16. The van der Waals surface area contributed by atoms with E-state index in [0.29, 0.717) is 5.92 Å². The third kappa shape index (κ3) is 3.61. The SMILES string of the molecule is COC(=O)NN=Cc1cc(C)n(CC(C)C)c1C. The van der Waals surface area contributed by atoms with Crippen molar-refractivity contribution in [2.24, 2.45) is 11.0 Å². The predicted molar refractivity (Wildman–Crippen MR) is 71.9 cm³/mol. The van der Waals surface area contributed by atoms with Crippen LogP contribution in [0.1, 0.15) is 30.8 Å². The first-order valence-corrected chi connectivity index (χ1v) is 5.99. The molecule has 0 unspecified atom stereocenters. The van der Waals surface area contributed by atoms with Crippen molar-refractivity contribution < 1.29 is 9.53 Å². The summed E-state index contributed by atoms with van der Waals surface area (Å²) in [6.45, 7) is 9.47. The highest BCUT2D eigenvalue weighted by molar-refractivity contribution is 5.82. The van der Waals surface area contributed by atoms with Crippen LogP contribution < -0.4 is 5.43 Å². The van der Waals surface area contributed by atoms with Gasteiger partial charge in [-0.2, -0.15) is 5.10 Å². The van der Waals surface area contributed by atoms with E-state index in [4.69, 9.17) is 0 Å². The summed E-state index contributed by atoms with van der Waals surface area (Å²) >= 11 is 0. The topological polar surface area (TPSA) is 55.6 Å². The van der Waals surface area contributed by atoms with E-state index in [1.807, 2.05) is 0 Å². The van der Waals surface area contributed by atoms with Crippen molar-refractivity contribution in [2.45, 2.75) is 34.2 Å². The van der Waals surface area contributed by atoms with E-state index in [-0.39, 0.29) is 0 Å². The molecule has 0 saturated carbocycles. The zero-order chi connectivity index (χ0) is 13.7. The van der Waals surface area contributed by atoms with Gasteiger partial charge in [-0.3, -0.25) is 0 Å². The maximum absolute atomic E-state index is 10.9. The van der Waals surface area contributed by atoms with E-state index < -0.39 is 6.09 Å². The van der Waals surface area contributed by atoms with Crippen molar-refractivity contribution >= 4 is 12.3 Å². The Labute approximate surface area is 108 Å². The maximum atomic E-state index is 10.9. The van der Waals surface area contributed by atoms with Gasteiger partial charge in [0.05, 0.1) is 13.3 Å². The molecule has 0 atom stereocenters. The summed E-state index contributed by atoms with van der Waals surface area (Å²) in [5.41, 5.74) is 5.63. The van der Waals surface area contributed by atoms with E-state index in [2.05, 4.69) is 53.6 Å². The molecule has 0 fully saturated rings. The molecule has 0 aliphatic carbocycles. The number of hydrogen-bond acceptors (Lipinski definition) is 3. The summed E-state index contributed by atoms with van der Waals surface area (Å²) in [6.07, 6.45) is 1.07. The Balaban J connectivity index is 2.82. The minimum Gasteiger partial charge on any atom is -0.452 e. The van der Waals surface area contributed by atoms with Crippen LogP contribution in [0.25, 0.3) is 0 Å². The first-order chi connectivity index (χ1) is 8.45. The Morgan fingerprint density at radius 1 is 1.56 bits per heavy atom. The fraction of sp³-hybridized carbons (Fsp3) is 0.538. The normalized spacial score (nSPS) is 11.2. The lowest BCUT2D eigenvalue weighted by atomic mass is 10.2. The number of hydrazone groups is 1. The molecule has 0 spiro atoms. The van der Waals surface area contributed by atoms with E-state index >= 15 is 0 Å². The van der Waals surface area contributed by atoms with Crippen molar-refractivity contribution in [1.82, 2.24) is 9.99 Å². The van der Waals surface area contributed by atoms with Crippen molar-refractivity contribution in [2.75, 3.05) is 7.11 Å². The Morgan fingerprint density at radius 2 is 2.22 bits per heavy atom. The van der Waals surface area contributed by atoms with Crippen LogP contribution in [0.5, 0.6) is 0 Å². The molecule has 5 nitrogen and oxygen atoms in total. The molecule has 1 heterocycles. The number of nitrogens with one attached hydrogen (secondary N) is 1. The van der Waals surface area contributed by atoms with Gasteiger partial charge in [0.25, 0.3) is 0 Å². The highest BCUT2D eigenvalue weighted by Crippen LogP contribution is 2.15. The quantitative estimate of drug-likeness (QED) is 0.660. The van der Waals surface area contributed by atoms with Crippen LogP contribution in [0.2, 0.25) is 0 Å². The standard InChI is InChI=1S/C13H21N3O2/c1-9(2)8-16-10(3)6-12(11(16)4)7-14-15-13(17)18-5/h6-7,9H,8H2,1-5H3,(H,15,17). The van der Waals surface area contributed by atoms with Gasteiger partial charge in [0.15, 0.2) is 0 Å². The molecule has 1 aromatic heterocycles. The molecular formula is C13H21N3O2. The molecule has 1 amide bonds. The number of hydrogen-bond donors (Lipinski definition) is 1. The zero-order valence-corrected chi connectivity index (χ0v) is 11.7. The molecule has 0 saturated heterocycles. The number of carbonyl (C=O) groups excluding carboxylic acids is 1. The van der Waals surface area contributed by atoms with Gasteiger partial charge in [0.2, 0.25) is 0 Å². The Hall–Kier alpha value is -1.78. The highest BCUT2D eigenvalue weighted by atomic mass is 16.5. The third-order valence-electron chi connectivity index (χ3n) is 2.71. The molecule has 5 heteroatoms. The monoisotopic (exact) mass is 251 g/mol. The number of aromatic nitrogens is 1. The average molecular weight is 251 g/mol. The summed E-state index contributed by atoms with van der Waals surface area (Å²) in [5.74, 6) is 0.591. The van der Waals surface area contributed by atoms with Gasteiger partial charge in [0.1, 0.15) is 0 Å². The average Bonchev–Trinajstić information content (AvgIpc) is 2.56. The fourth-order valence-corrected chi connectivity index (χ4v) is 1.80. The van der Waals surface area contributed by atoms with E-state index in [0.717, 1.165) is 17.8 Å². The molecule has 0 aromatic carbocycles. The minimum absolute atomic E-state index is 0.567. The molecule has 0 radical (unpaired) electrons. The molecule has 0 aliphatic rings. The lowest BCUT2D eigenvalue weighted by molar-refractivity contribution is 0.171. The molecular weight excluding hydrogens is 230 g/mol. The van der Waals surface area contributed by atoms with Crippen LogP contribution in [-0.4, -0.2) is 24.0 Å². The Kier molecular flexibility index (Phi) is 4.95. The molecule has 1 rings (SSSR count). The van der Waals surface area contributed by atoms with E-state index in [9.17, 15) is 4.79 Å². The lowest BCUT2D eigenvalue weighted by Gasteiger charge is -2.11. The minimum atomic E-state index is -0.567. The van der Waals surface area contributed by atoms with Crippen LogP contribution in [-0.2, 0) is 11.3 Å². The van der Waals surface area contributed by atoms with Crippen molar-refractivity contribution in [3.63, 3.8) is 0 Å². The molecule has 0 bridgehead atoms. The maximum Gasteiger partial charge on any atom is 0.427 e. The number of ether oxygens (including phenoxy) is 1. The molecule has 1 aromatic rings. The second kappa shape index (κ2) is 6.23. The van der Waals surface area contributed by atoms with Crippen molar-refractivity contribution in [3.8, 4) is 0 Å². The van der Waals surface area contributed by atoms with Crippen molar-refractivity contribution in [3.05, 3.63) is 23.0 Å². The molecule has 0 aliphatic heterocycles. The van der Waals surface area contributed by atoms with Gasteiger partial charge in [0, 0.05) is 23.5 Å². The van der Waals surface area contributed by atoms with Crippen LogP contribution >= 0.6 is 0 Å². The van der Waals surface area contributed by atoms with E-state index in [1.54, 1.807) is 6.21 Å². The summed E-state index contributed by atoms with van der Waals surface area (Å²) < 4.78 is 6.69. The van der Waals surface area contributed by atoms with Gasteiger partial charge in [-0.15, -0.1) is 0 Å². The van der Waals surface area contributed by atoms with Crippen molar-refractivity contribution in [1.29, 1.82) is 0 Å². The number of methoxy groups -OCH3 is 1. The molecule has 100 valence electrons. The third-order valence-corrected chi connectivity index (χ3v) is 2.71. The van der Waals surface area contributed by atoms with Gasteiger partial charge in [-0.05, 0) is 25.8 Å². The van der Waals surface area contributed by atoms with Crippen LogP contribution in [0.3, 0.4) is 0 Å². The van der Waals surface area contributed by atoms with Gasteiger partial charge < -0.3 is 9.30 Å². The Morgan fingerprint density at radius 3 is 2.78 bits per heavy atom. The zero-order valence-electron chi connectivity index (χ0n) is 11.7. The summed E-state index contributed by atoms with van der Waals surface area (Å²) in [7, 11) is 1.30. The van der Waals surface area contributed by atoms with Gasteiger partial charge in [-0.1, -0.05) is 13.8 Å². The largest absolute Gasteiger partial charge is 0.452 e. The number of amides is 1. The first kappa shape index (κ1) is 14.3. The smallest absolute Gasteiger partial charge is 0.427 e. The number of rotatable bonds is 4. The predicted octanol–water partition coefficient (Wildman–Crippen LogP) is 2.45. The summed E-state index contributed by atoms with van der Waals surface area (Å²) in [4.78, 5) is 10.9. The fourth-order valence-electron chi connectivity index (χ4n) is 1.80. The summed E-state index contributed by atoms with van der Waals surface area (Å²) in [6, 6.07) is 2.06. The second-order valence-electron chi connectivity index (χ2n) is 4.69. The van der Waals surface area contributed by atoms with Gasteiger partial charge in [-0.25, -0.2) is 10.2 Å². The second-order valence-corrected chi connectivity index (χ2v) is 4.69. The van der Waals surface area contributed by atoms with Gasteiger partial charge >= 0.3 is 6.09 Å². The summed E-state index contributed by atoms with van der Waals surface area (Å²) in [5, 5.41) is 3.84. The van der Waals surface area contributed by atoms with Crippen LogP contribution in [0, 0.1) is 19.8 Å². The Bertz CT molecular complexity index is 447. The number of aryl methyl sites for hydroxylation is 1. The van der Waals surface area contributed by atoms with Crippen LogP contribution in [0.15, 0.2) is 11.2 Å².